The maximum Gasteiger partial charge on any atom is 0.267 e. The van der Waals surface area contributed by atoms with Gasteiger partial charge in [0.25, 0.3) is 5.91 Å². The molecule has 3 N–H and O–H groups in total. The van der Waals surface area contributed by atoms with E-state index in [1.54, 1.807) is 19.2 Å². The normalized spacial score (nSPS) is 15.6. The summed E-state index contributed by atoms with van der Waals surface area (Å²) >= 11 is 6.06. The molecule has 0 spiro atoms. The molecule has 0 saturated heterocycles. The van der Waals surface area contributed by atoms with Gasteiger partial charge in [-0.1, -0.05) is 43.9 Å². The second-order valence-corrected chi connectivity index (χ2v) is 8.04. The van der Waals surface area contributed by atoms with Gasteiger partial charge < -0.3 is 16.0 Å². The average molecular weight is 419 g/mol. The Kier molecular flexibility index (Phi) is 9.19. The first-order chi connectivity index (χ1) is 13.9. The highest BCUT2D eigenvalue weighted by Gasteiger charge is 2.19. The Morgan fingerprint density at radius 3 is 2.76 bits per heavy atom. The van der Waals surface area contributed by atoms with Crippen LogP contribution in [-0.2, 0) is 16.0 Å². The maximum atomic E-state index is 12.5. The topological polar surface area (TPSA) is 82.6 Å². The van der Waals surface area contributed by atoms with Gasteiger partial charge in [0.05, 0.1) is 5.70 Å². The van der Waals surface area contributed by atoms with Crippen molar-refractivity contribution in [3.05, 3.63) is 41.1 Å². The van der Waals surface area contributed by atoms with Crippen LogP contribution in [0.4, 0.5) is 5.69 Å². The molecule has 1 saturated carbocycles. The zero-order valence-electron chi connectivity index (χ0n) is 17.3. The molecule has 1 fully saturated rings. The number of amides is 2. The number of aryl methyl sites for hydroxylation is 1. The molecule has 7 heteroatoms. The molecule has 1 aromatic rings. The quantitative estimate of drug-likeness (QED) is 0.232. The van der Waals surface area contributed by atoms with E-state index in [0.29, 0.717) is 35.9 Å². The number of hydrogen-bond acceptors (Lipinski definition) is 3. The molecule has 0 unspecified atom stereocenters. The molecule has 1 aliphatic carbocycles. The number of halogens is 1. The summed E-state index contributed by atoms with van der Waals surface area (Å²) < 4.78 is 0. The number of carbonyl (C=O) groups excluding carboxylic acids is 2. The number of amidine groups is 1. The van der Waals surface area contributed by atoms with Crippen LogP contribution in [0.5, 0.6) is 0 Å². The van der Waals surface area contributed by atoms with Gasteiger partial charge in [0.2, 0.25) is 6.41 Å². The summed E-state index contributed by atoms with van der Waals surface area (Å²) in [6, 6.07) is 5.27. The zero-order valence-corrected chi connectivity index (χ0v) is 18.0. The fraction of sp³-hybridized carbons (Fsp3) is 0.500. The number of benzene rings is 1. The van der Waals surface area contributed by atoms with Crippen molar-refractivity contribution in [2.45, 2.75) is 57.9 Å². The van der Waals surface area contributed by atoms with Crippen LogP contribution in [0.25, 0.3) is 0 Å². The number of anilines is 1. The van der Waals surface area contributed by atoms with Gasteiger partial charge in [-0.15, -0.1) is 0 Å². The van der Waals surface area contributed by atoms with E-state index in [-0.39, 0.29) is 11.9 Å². The Hall–Kier alpha value is -2.34. The fourth-order valence-corrected chi connectivity index (χ4v) is 3.84. The summed E-state index contributed by atoms with van der Waals surface area (Å²) in [6.07, 6.45) is 7.87. The Morgan fingerprint density at radius 2 is 2.10 bits per heavy atom. The van der Waals surface area contributed by atoms with Gasteiger partial charge in [-0.2, -0.15) is 0 Å². The summed E-state index contributed by atoms with van der Waals surface area (Å²) in [4.78, 5) is 27.5. The number of carbonyl (C=O) groups is 2. The molecule has 0 aromatic heterocycles. The zero-order chi connectivity index (χ0) is 21.2. The monoisotopic (exact) mass is 418 g/mol. The predicted molar refractivity (Wildman–Crippen MR) is 119 cm³/mol. The van der Waals surface area contributed by atoms with Crippen LogP contribution < -0.4 is 16.0 Å². The third-order valence-electron chi connectivity index (χ3n) is 5.30. The van der Waals surface area contributed by atoms with Gasteiger partial charge >= 0.3 is 0 Å². The van der Waals surface area contributed by atoms with Crippen LogP contribution in [0, 0.1) is 5.92 Å². The number of nitrogens with one attached hydrogen (secondary N) is 3. The van der Waals surface area contributed by atoms with Gasteiger partial charge in [0.1, 0.15) is 5.84 Å². The van der Waals surface area contributed by atoms with Crippen molar-refractivity contribution in [2.24, 2.45) is 10.9 Å². The minimum absolute atomic E-state index is 0.0686. The first kappa shape index (κ1) is 22.9. The van der Waals surface area contributed by atoms with Crippen LogP contribution in [0.3, 0.4) is 0 Å². The van der Waals surface area contributed by atoms with Crippen LogP contribution >= 0.6 is 11.6 Å². The third kappa shape index (κ3) is 7.54. The second kappa shape index (κ2) is 11.6. The molecule has 0 radical (unpaired) electrons. The van der Waals surface area contributed by atoms with Crippen molar-refractivity contribution < 1.29 is 9.59 Å². The number of aliphatic imine (C=N–C) groups is 1. The van der Waals surface area contributed by atoms with Crippen molar-refractivity contribution in [1.82, 2.24) is 10.6 Å². The van der Waals surface area contributed by atoms with E-state index in [4.69, 9.17) is 11.6 Å². The van der Waals surface area contributed by atoms with Crippen LogP contribution in [0.15, 0.2) is 35.5 Å². The first-order valence-corrected chi connectivity index (χ1v) is 10.5. The molecule has 2 amide bonds. The molecule has 1 aliphatic rings. The Morgan fingerprint density at radius 1 is 1.38 bits per heavy atom. The fourth-order valence-electron chi connectivity index (χ4n) is 3.65. The van der Waals surface area contributed by atoms with E-state index >= 15 is 0 Å². The minimum Gasteiger partial charge on any atom is -0.348 e. The van der Waals surface area contributed by atoms with Crippen molar-refractivity contribution in [3.63, 3.8) is 0 Å². The van der Waals surface area contributed by atoms with Gasteiger partial charge in [0.15, 0.2) is 0 Å². The smallest absolute Gasteiger partial charge is 0.267 e. The van der Waals surface area contributed by atoms with Crippen molar-refractivity contribution in [1.29, 1.82) is 0 Å². The minimum atomic E-state index is -0.234. The van der Waals surface area contributed by atoms with E-state index in [1.165, 1.54) is 25.7 Å². The highest BCUT2D eigenvalue weighted by atomic mass is 35.5. The molecule has 158 valence electrons. The molecule has 1 aromatic carbocycles. The molecule has 0 heterocycles. The van der Waals surface area contributed by atoms with Crippen LogP contribution in [0.1, 0.15) is 51.0 Å². The second-order valence-electron chi connectivity index (χ2n) is 7.61. The lowest BCUT2D eigenvalue weighted by atomic mass is 10.0. The number of rotatable bonds is 10. The van der Waals surface area contributed by atoms with Crippen molar-refractivity contribution >= 4 is 35.4 Å². The largest absolute Gasteiger partial charge is 0.348 e. The summed E-state index contributed by atoms with van der Waals surface area (Å²) in [5.74, 6) is 1.22. The maximum absolute atomic E-state index is 12.5. The molecular formula is C22H31ClN4O2. The summed E-state index contributed by atoms with van der Waals surface area (Å²) in [7, 11) is 1.74. The molecule has 0 aliphatic heterocycles. The van der Waals surface area contributed by atoms with Crippen molar-refractivity contribution in [2.75, 3.05) is 12.4 Å². The Labute approximate surface area is 178 Å². The molecule has 1 atom stereocenters. The lowest BCUT2D eigenvalue weighted by Gasteiger charge is -2.18. The van der Waals surface area contributed by atoms with E-state index in [9.17, 15) is 9.59 Å². The molecular weight excluding hydrogens is 388 g/mol. The van der Waals surface area contributed by atoms with Crippen LogP contribution in [0.2, 0.25) is 5.02 Å². The van der Waals surface area contributed by atoms with Gasteiger partial charge in [-0.05, 0) is 49.4 Å². The lowest BCUT2D eigenvalue weighted by molar-refractivity contribution is -0.118. The Bertz CT molecular complexity index is 757. The highest BCUT2D eigenvalue weighted by molar-refractivity contribution is 6.30. The molecule has 29 heavy (non-hydrogen) atoms. The lowest BCUT2D eigenvalue weighted by Crippen LogP contribution is -2.39. The first-order valence-electron chi connectivity index (χ1n) is 10.1. The predicted octanol–water partition coefficient (Wildman–Crippen LogP) is 4.06. The highest BCUT2D eigenvalue weighted by Crippen LogP contribution is 2.27. The molecule has 6 nitrogen and oxygen atoms in total. The molecule has 2 rings (SSSR count). The SMILES string of the molecule is C=C(N/C(CC1CCCC1)=N\C)C(=O)N[C@H](C)CCc1cc(Cl)ccc1NC=O. The Balaban J connectivity index is 1.82. The van der Waals surface area contributed by atoms with Gasteiger partial charge in [0, 0.05) is 30.2 Å². The van der Waals surface area contributed by atoms with E-state index < -0.39 is 0 Å². The van der Waals surface area contributed by atoms with E-state index in [0.717, 1.165) is 23.5 Å². The standard InChI is InChI=1S/C22H31ClN4O2/c1-15(8-9-18-13-19(23)10-11-20(18)25-14-28)26-22(29)16(2)27-21(24-3)12-17-6-4-5-7-17/h10-11,13-15,17H,2,4-9,12H2,1,3H3,(H,24,27)(H,25,28)(H,26,29)/t15-/m1/s1. The van der Waals surface area contributed by atoms with Gasteiger partial charge in [-0.25, -0.2) is 0 Å². The summed E-state index contributed by atoms with van der Waals surface area (Å²) in [5.41, 5.74) is 1.96. The van der Waals surface area contributed by atoms with E-state index in [2.05, 4.69) is 27.5 Å². The number of nitrogens with zero attached hydrogens (tertiary/aromatic N) is 1. The summed E-state index contributed by atoms with van der Waals surface area (Å²) in [6.45, 7) is 5.81. The summed E-state index contributed by atoms with van der Waals surface area (Å²) in [5, 5.41) is 9.33. The molecule has 0 bridgehead atoms. The average Bonchev–Trinajstić information content (AvgIpc) is 3.20. The van der Waals surface area contributed by atoms with Crippen LogP contribution in [-0.4, -0.2) is 31.2 Å². The van der Waals surface area contributed by atoms with E-state index in [1.807, 2.05) is 13.0 Å². The third-order valence-corrected chi connectivity index (χ3v) is 5.54. The number of hydrogen-bond donors (Lipinski definition) is 3. The van der Waals surface area contributed by atoms with Gasteiger partial charge in [-0.3, -0.25) is 14.6 Å². The van der Waals surface area contributed by atoms with Crippen molar-refractivity contribution in [3.8, 4) is 0 Å².